The van der Waals surface area contributed by atoms with Gasteiger partial charge in [0, 0.05) is 10.6 Å². The Morgan fingerprint density at radius 1 is 1.03 bits per heavy atom. The highest BCUT2D eigenvalue weighted by Gasteiger charge is 2.30. The third kappa shape index (κ3) is 5.71. The van der Waals surface area contributed by atoms with E-state index in [4.69, 9.17) is 0 Å². The monoisotopic (exact) mass is 502 g/mol. The van der Waals surface area contributed by atoms with Crippen LogP contribution in [0.4, 0.5) is 18.9 Å². The molecule has 3 aromatic carbocycles. The number of benzene rings is 3. The normalized spacial score (nSPS) is 11.6. The van der Waals surface area contributed by atoms with E-state index < -0.39 is 11.7 Å². The van der Waals surface area contributed by atoms with E-state index in [2.05, 4.69) is 12.2 Å². The SMILES string of the molecule is CCSc1ccc(CC(=O)Nc2ccc3c(c2)sc(=O)n3Cc2cccc(C(F)(F)F)c2)cc1. The van der Waals surface area contributed by atoms with Crippen molar-refractivity contribution >= 4 is 44.9 Å². The number of nitrogens with one attached hydrogen (secondary N) is 1. The number of thiazole rings is 1. The number of hydrogen-bond acceptors (Lipinski definition) is 4. The first-order valence-corrected chi connectivity index (χ1v) is 12.3. The molecule has 0 fully saturated rings. The maximum Gasteiger partial charge on any atom is 0.416 e. The second-order valence-corrected chi connectivity index (χ2v) is 9.97. The topological polar surface area (TPSA) is 51.1 Å². The van der Waals surface area contributed by atoms with E-state index in [0.717, 1.165) is 39.7 Å². The number of alkyl halides is 3. The molecule has 1 amide bonds. The number of amides is 1. The van der Waals surface area contributed by atoms with Gasteiger partial charge in [0.15, 0.2) is 0 Å². The molecule has 34 heavy (non-hydrogen) atoms. The van der Waals surface area contributed by atoms with E-state index in [1.54, 1.807) is 36.0 Å². The minimum absolute atomic E-state index is 0.0285. The second-order valence-electron chi connectivity index (χ2n) is 7.64. The molecular formula is C25H21F3N2O2S2. The maximum atomic E-state index is 13.0. The van der Waals surface area contributed by atoms with Crippen LogP contribution >= 0.6 is 23.1 Å². The van der Waals surface area contributed by atoms with Crippen molar-refractivity contribution in [1.82, 2.24) is 4.57 Å². The summed E-state index contributed by atoms with van der Waals surface area (Å²) >= 11 is 2.73. The summed E-state index contributed by atoms with van der Waals surface area (Å²) in [5, 5.41) is 2.85. The molecule has 0 aliphatic carbocycles. The highest BCUT2D eigenvalue weighted by molar-refractivity contribution is 7.99. The number of carbonyl (C=O) groups is 1. The van der Waals surface area contributed by atoms with Crippen molar-refractivity contribution in [3.05, 3.63) is 93.1 Å². The summed E-state index contributed by atoms with van der Waals surface area (Å²) in [6, 6.07) is 17.9. The predicted octanol–water partition coefficient (Wildman–Crippen LogP) is 6.42. The number of fused-ring (bicyclic) bond motifs is 1. The van der Waals surface area contributed by atoms with Crippen molar-refractivity contribution < 1.29 is 18.0 Å². The van der Waals surface area contributed by atoms with Gasteiger partial charge in [-0.05, 0) is 59.3 Å². The van der Waals surface area contributed by atoms with Crippen molar-refractivity contribution in [2.45, 2.75) is 31.0 Å². The largest absolute Gasteiger partial charge is 0.416 e. The smallest absolute Gasteiger partial charge is 0.326 e. The van der Waals surface area contributed by atoms with E-state index in [-0.39, 0.29) is 23.7 Å². The zero-order chi connectivity index (χ0) is 24.3. The van der Waals surface area contributed by atoms with Crippen LogP contribution in [-0.4, -0.2) is 16.2 Å². The van der Waals surface area contributed by atoms with E-state index in [1.807, 2.05) is 24.3 Å². The van der Waals surface area contributed by atoms with Crippen molar-refractivity contribution in [3.8, 4) is 0 Å². The standard InChI is InChI=1S/C25H21F3N2O2S2/c1-2-33-20-9-6-16(7-10-20)13-23(31)29-19-8-11-21-22(14-19)34-24(32)30(21)15-17-4-3-5-18(12-17)25(26,27)28/h3-12,14H,2,13,15H2,1H3,(H,29,31). The van der Waals surface area contributed by atoms with Crippen molar-refractivity contribution in [2.24, 2.45) is 0 Å². The third-order valence-electron chi connectivity index (χ3n) is 5.15. The predicted molar refractivity (Wildman–Crippen MR) is 132 cm³/mol. The van der Waals surface area contributed by atoms with E-state index in [9.17, 15) is 22.8 Å². The average molecular weight is 503 g/mol. The van der Waals surface area contributed by atoms with Gasteiger partial charge in [-0.25, -0.2) is 0 Å². The van der Waals surface area contributed by atoms with Gasteiger partial charge in [0.05, 0.1) is 28.7 Å². The Morgan fingerprint density at radius 3 is 2.50 bits per heavy atom. The molecule has 0 atom stereocenters. The van der Waals surface area contributed by atoms with E-state index >= 15 is 0 Å². The molecule has 4 aromatic rings. The molecule has 1 aromatic heterocycles. The van der Waals surface area contributed by atoms with Crippen LogP contribution in [0.15, 0.2) is 76.4 Å². The van der Waals surface area contributed by atoms with Gasteiger partial charge >= 0.3 is 11.0 Å². The molecule has 0 aliphatic rings. The fourth-order valence-corrected chi connectivity index (χ4v) is 5.17. The molecule has 0 spiro atoms. The highest BCUT2D eigenvalue weighted by atomic mass is 32.2. The minimum atomic E-state index is -4.44. The lowest BCUT2D eigenvalue weighted by Crippen LogP contribution is -2.15. The first-order chi connectivity index (χ1) is 16.2. The van der Waals surface area contributed by atoms with Crippen molar-refractivity contribution in [3.63, 3.8) is 0 Å². The van der Waals surface area contributed by atoms with Gasteiger partial charge in [-0.15, -0.1) is 11.8 Å². The molecule has 1 N–H and O–H groups in total. The number of thioether (sulfide) groups is 1. The number of nitrogens with zero attached hydrogens (tertiary/aromatic N) is 1. The maximum absolute atomic E-state index is 13.0. The molecule has 9 heteroatoms. The molecule has 0 aliphatic heterocycles. The Labute approximate surface area is 202 Å². The lowest BCUT2D eigenvalue weighted by atomic mass is 10.1. The molecule has 1 heterocycles. The zero-order valence-electron chi connectivity index (χ0n) is 18.2. The van der Waals surface area contributed by atoms with Gasteiger partial charge in [0.1, 0.15) is 0 Å². The molecule has 0 saturated heterocycles. The van der Waals surface area contributed by atoms with Gasteiger partial charge in [-0.2, -0.15) is 13.2 Å². The van der Waals surface area contributed by atoms with Crippen molar-refractivity contribution in [1.29, 1.82) is 0 Å². The van der Waals surface area contributed by atoms with Gasteiger partial charge in [-0.3, -0.25) is 14.2 Å². The summed E-state index contributed by atoms with van der Waals surface area (Å²) in [7, 11) is 0. The van der Waals surface area contributed by atoms with Gasteiger partial charge in [0.2, 0.25) is 5.91 Å². The molecule has 4 nitrogen and oxygen atoms in total. The Bertz CT molecular complexity index is 1380. The number of halogens is 3. The summed E-state index contributed by atoms with van der Waals surface area (Å²) in [5.41, 5.74) is 1.70. The Hall–Kier alpha value is -3.04. The molecule has 0 unspecified atom stereocenters. The average Bonchev–Trinajstić information content (AvgIpc) is 3.09. The zero-order valence-corrected chi connectivity index (χ0v) is 19.8. The Balaban J connectivity index is 1.49. The van der Waals surface area contributed by atoms with Crippen LogP contribution < -0.4 is 10.2 Å². The summed E-state index contributed by atoms with van der Waals surface area (Å²) < 4.78 is 41.1. The highest BCUT2D eigenvalue weighted by Crippen LogP contribution is 2.30. The van der Waals surface area contributed by atoms with E-state index in [1.165, 1.54) is 10.6 Å². The van der Waals surface area contributed by atoms with Crippen LogP contribution in [-0.2, 0) is 23.9 Å². The van der Waals surface area contributed by atoms with Gasteiger partial charge in [0.25, 0.3) is 0 Å². The molecule has 0 bridgehead atoms. The minimum Gasteiger partial charge on any atom is -0.326 e. The van der Waals surface area contributed by atoms with Crippen LogP contribution in [0.5, 0.6) is 0 Å². The number of rotatable bonds is 7. The van der Waals surface area contributed by atoms with Crippen LogP contribution in [0.1, 0.15) is 23.6 Å². The van der Waals surface area contributed by atoms with Crippen LogP contribution in [0.2, 0.25) is 0 Å². The number of hydrogen-bond donors (Lipinski definition) is 1. The second kappa shape index (κ2) is 10.1. The first-order valence-electron chi connectivity index (χ1n) is 10.5. The Morgan fingerprint density at radius 2 is 1.79 bits per heavy atom. The quantitative estimate of drug-likeness (QED) is 0.297. The fourth-order valence-electron chi connectivity index (χ4n) is 3.58. The number of aromatic nitrogens is 1. The number of carbonyl (C=O) groups excluding carboxylic acids is 1. The molecule has 0 saturated carbocycles. The summed E-state index contributed by atoms with van der Waals surface area (Å²) in [6.07, 6.45) is -4.22. The third-order valence-corrected chi connectivity index (χ3v) is 6.98. The summed E-state index contributed by atoms with van der Waals surface area (Å²) in [5.74, 6) is 0.807. The van der Waals surface area contributed by atoms with Gasteiger partial charge in [-0.1, -0.05) is 42.5 Å². The van der Waals surface area contributed by atoms with Gasteiger partial charge < -0.3 is 5.32 Å². The summed E-state index contributed by atoms with van der Waals surface area (Å²) in [6.45, 7) is 2.11. The summed E-state index contributed by atoms with van der Waals surface area (Å²) in [4.78, 5) is 25.9. The molecule has 4 rings (SSSR count). The van der Waals surface area contributed by atoms with Crippen LogP contribution in [0.3, 0.4) is 0 Å². The molecule has 0 radical (unpaired) electrons. The molecule has 176 valence electrons. The lowest BCUT2D eigenvalue weighted by molar-refractivity contribution is -0.137. The molecular weight excluding hydrogens is 481 g/mol. The number of anilines is 1. The van der Waals surface area contributed by atoms with Crippen molar-refractivity contribution in [2.75, 3.05) is 11.1 Å². The Kier molecular flexibility index (Phi) is 7.13. The fraction of sp³-hybridized carbons (Fsp3) is 0.200. The lowest BCUT2D eigenvalue weighted by Gasteiger charge is -2.10. The van der Waals surface area contributed by atoms with E-state index in [0.29, 0.717) is 21.5 Å². The van der Waals surface area contributed by atoms with Crippen LogP contribution in [0.25, 0.3) is 10.2 Å². The first kappa shape index (κ1) is 24.1. The van der Waals surface area contributed by atoms with Crippen LogP contribution in [0, 0.1) is 0 Å².